The topological polar surface area (TPSA) is 62.3 Å². The second kappa shape index (κ2) is 6.36. The van der Waals surface area contributed by atoms with E-state index in [0.29, 0.717) is 13.1 Å². The van der Waals surface area contributed by atoms with Gasteiger partial charge in [-0.25, -0.2) is 4.98 Å². The maximum Gasteiger partial charge on any atom is 0.227 e. The third-order valence-electron chi connectivity index (χ3n) is 4.79. The summed E-state index contributed by atoms with van der Waals surface area (Å²) < 4.78 is 0. The zero-order valence-electron chi connectivity index (χ0n) is 13.3. The number of anilines is 1. The molecule has 1 saturated heterocycles. The molecular weight excluding hydrogens is 322 g/mol. The number of nitrogens with zero attached hydrogens (tertiary/aromatic N) is 2. The molecule has 1 aliphatic carbocycles. The van der Waals surface area contributed by atoms with Crippen LogP contribution in [0.1, 0.15) is 29.0 Å². The van der Waals surface area contributed by atoms with E-state index in [4.69, 9.17) is 0 Å². The Balaban J connectivity index is 1.42. The van der Waals surface area contributed by atoms with Crippen molar-refractivity contribution in [2.75, 3.05) is 11.4 Å². The fourth-order valence-electron chi connectivity index (χ4n) is 3.51. The molecule has 0 spiro atoms. The summed E-state index contributed by atoms with van der Waals surface area (Å²) in [6.07, 6.45) is 5.41. The Labute approximate surface area is 144 Å². The molecule has 1 aromatic carbocycles. The lowest BCUT2D eigenvalue weighted by atomic mass is 10.1. The first-order valence-corrected chi connectivity index (χ1v) is 9.17. The molecule has 1 fully saturated rings. The number of amides is 2. The van der Waals surface area contributed by atoms with Crippen LogP contribution < -0.4 is 10.2 Å². The van der Waals surface area contributed by atoms with Crippen molar-refractivity contribution in [2.45, 2.75) is 32.2 Å². The smallest absolute Gasteiger partial charge is 0.227 e. The molecule has 4 rings (SSSR count). The molecule has 0 bridgehead atoms. The molecule has 0 unspecified atom stereocenters. The summed E-state index contributed by atoms with van der Waals surface area (Å²) in [4.78, 5) is 30.6. The van der Waals surface area contributed by atoms with E-state index in [2.05, 4.69) is 22.4 Å². The molecular formula is C18H19N3O2S. The van der Waals surface area contributed by atoms with Gasteiger partial charge in [-0.05, 0) is 42.5 Å². The summed E-state index contributed by atoms with van der Waals surface area (Å²) >= 11 is 1.51. The maximum absolute atomic E-state index is 12.4. The number of carbonyl (C=O) groups is 2. The number of carbonyl (C=O) groups excluding carboxylic acids is 2. The molecule has 0 saturated carbocycles. The lowest BCUT2D eigenvalue weighted by molar-refractivity contribution is -0.126. The van der Waals surface area contributed by atoms with E-state index in [1.54, 1.807) is 11.1 Å². The third-order valence-corrected chi connectivity index (χ3v) is 5.57. The second-order valence-electron chi connectivity index (χ2n) is 6.36. The number of hydrogen-bond donors (Lipinski definition) is 1. The van der Waals surface area contributed by atoms with Crippen LogP contribution in [0.3, 0.4) is 0 Å². The highest BCUT2D eigenvalue weighted by Crippen LogP contribution is 2.30. The average molecular weight is 341 g/mol. The summed E-state index contributed by atoms with van der Waals surface area (Å²) in [7, 11) is 0. The van der Waals surface area contributed by atoms with Crippen LogP contribution >= 0.6 is 11.3 Å². The van der Waals surface area contributed by atoms with Crippen LogP contribution in [0, 0.1) is 5.92 Å². The van der Waals surface area contributed by atoms with Crippen molar-refractivity contribution >= 4 is 28.8 Å². The van der Waals surface area contributed by atoms with E-state index in [1.807, 2.05) is 11.4 Å². The lowest BCUT2D eigenvalue weighted by Gasteiger charge is -2.18. The quantitative estimate of drug-likeness (QED) is 0.928. The van der Waals surface area contributed by atoms with Crippen LogP contribution in [0.5, 0.6) is 0 Å². The van der Waals surface area contributed by atoms with Gasteiger partial charge in [-0.15, -0.1) is 11.3 Å². The van der Waals surface area contributed by atoms with E-state index in [1.165, 1.54) is 28.9 Å². The molecule has 1 aliphatic heterocycles. The van der Waals surface area contributed by atoms with Gasteiger partial charge in [-0.1, -0.05) is 6.07 Å². The Hall–Kier alpha value is -2.21. The Morgan fingerprint density at radius 2 is 2.21 bits per heavy atom. The molecule has 2 heterocycles. The molecule has 1 atom stereocenters. The normalized spacial score (nSPS) is 19.6. The molecule has 1 aromatic heterocycles. The second-order valence-corrected chi connectivity index (χ2v) is 7.33. The van der Waals surface area contributed by atoms with Crippen LogP contribution in [0.25, 0.3) is 0 Å². The van der Waals surface area contributed by atoms with Crippen LogP contribution in [-0.4, -0.2) is 23.3 Å². The van der Waals surface area contributed by atoms with Gasteiger partial charge in [0.25, 0.3) is 0 Å². The van der Waals surface area contributed by atoms with Crippen molar-refractivity contribution in [3.63, 3.8) is 0 Å². The first kappa shape index (κ1) is 15.3. The predicted octanol–water partition coefficient (Wildman–Crippen LogP) is 2.30. The van der Waals surface area contributed by atoms with Gasteiger partial charge in [0, 0.05) is 30.2 Å². The number of thiazole rings is 1. The highest BCUT2D eigenvalue weighted by atomic mass is 32.1. The summed E-state index contributed by atoms with van der Waals surface area (Å²) in [5, 5.41) is 5.65. The van der Waals surface area contributed by atoms with Crippen molar-refractivity contribution in [1.29, 1.82) is 0 Å². The van der Waals surface area contributed by atoms with Crippen molar-refractivity contribution in [3.8, 4) is 0 Å². The number of nitrogens with one attached hydrogen (secondary N) is 1. The molecule has 2 aromatic rings. The van der Waals surface area contributed by atoms with Gasteiger partial charge in [0.05, 0.1) is 12.5 Å². The predicted molar refractivity (Wildman–Crippen MR) is 92.9 cm³/mol. The molecule has 2 aliphatic rings. The Morgan fingerprint density at radius 1 is 1.33 bits per heavy atom. The highest BCUT2D eigenvalue weighted by Gasteiger charge is 2.35. The van der Waals surface area contributed by atoms with Gasteiger partial charge in [0.2, 0.25) is 11.8 Å². The van der Waals surface area contributed by atoms with Crippen molar-refractivity contribution in [3.05, 3.63) is 45.9 Å². The van der Waals surface area contributed by atoms with Gasteiger partial charge >= 0.3 is 0 Å². The minimum atomic E-state index is -0.286. The van der Waals surface area contributed by atoms with Gasteiger partial charge in [0.1, 0.15) is 5.01 Å². The van der Waals surface area contributed by atoms with Crippen LogP contribution in [0.15, 0.2) is 29.8 Å². The van der Waals surface area contributed by atoms with E-state index in [0.717, 1.165) is 23.5 Å². The minimum Gasteiger partial charge on any atom is -0.349 e. The van der Waals surface area contributed by atoms with Crippen molar-refractivity contribution < 1.29 is 9.59 Å². The number of hydrogen-bond acceptors (Lipinski definition) is 4. The fraction of sp³-hybridized carbons (Fsp3) is 0.389. The van der Waals surface area contributed by atoms with Crippen LogP contribution in [0.4, 0.5) is 5.69 Å². The Kier molecular flexibility index (Phi) is 4.06. The van der Waals surface area contributed by atoms with Crippen molar-refractivity contribution in [2.24, 2.45) is 5.92 Å². The Morgan fingerprint density at radius 3 is 3.04 bits per heavy atom. The van der Waals surface area contributed by atoms with Crippen LogP contribution in [0.2, 0.25) is 0 Å². The molecule has 1 N–H and O–H groups in total. The van der Waals surface area contributed by atoms with Crippen molar-refractivity contribution in [1.82, 2.24) is 10.3 Å². The largest absolute Gasteiger partial charge is 0.349 e. The van der Waals surface area contributed by atoms with E-state index < -0.39 is 0 Å². The summed E-state index contributed by atoms with van der Waals surface area (Å²) in [6.45, 7) is 0.890. The highest BCUT2D eigenvalue weighted by molar-refractivity contribution is 7.09. The van der Waals surface area contributed by atoms with Gasteiger partial charge in [-0.3, -0.25) is 9.59 Å². The zero-order chi connectivity index (χ0) is 16.5. The molecule has 5 nitrogen and oxygen atoms in total. The lowest BCUT2D eigenvalue weighted by Crippen LogP contribution is -2.32. The molecule has 124 valence electrons. The third kappa shape index (κ3) is 2.94. The summed E-state index contributed by atoms with van der Waals surface area (Å²) in [5.41, 5.74) is 3.66. The first-order valence-electron chi connectivity index (χ1n) is 8.29. The number of fused-ring (bicyclic) bond motifs is 1. The molecule has 6 heteroatoms. The Bertz CT molecular complexity index is 773. The summed E-state index contributed by atoms with van der Waals surface area (Å²) in [5.74, 6) is -0.324. The number of rotatable bonds is 4. The maximum atomic E-state index is 12.4. The first-order chi connectivity index (χ1) is 11.7. The number of aromatic nitrogens is 1. The van der Waals surface area contributed by atoms with E-state index >= 15 is 0 Å². The SMILES string of the molecule is O=C(NCc1nccs1)[C@@H]1CC(=O)N(c2ccc3c(c2)CCC3)C1. The fourth-order valence-corrected chi connectivity index (χ4v) is 4.06. The standard InChI is InChI=1S/C18H19N3O2S/c22-17-9-14(18(23)20-10-16-19-6-7-24-16)11-21(17)15-5-4-12-2-1-3-13(12)8-15/h4-8,14H,1-3,9-11H2,(H,20,23)/t14-/m1/s1. The van der Waals surface area contributed by atoms with Crippen LogP contribution in [-0.2, 0) is 29.0 Å². The number of benzene rings is 1. The molecule has 24 heavy (non-hydrogen) atoms. The van der Waals surface area contributed by atoms with E-state index in [9.17, 15) is 9.59 Å². The van der Waals surface area contributed by atoms with Gasteiger partial charge in [-0.2, -0.15) is 0 Å². The minimum absolute atomic E-state index is 0.0299. The zero-order valence-corrected chi connectivity index (χ0v) is 14.1. The van der Waals surface area contributed by atoms with Gasteiger partial charge < -0.3 is 10.2 Å². The monoisotopic (exact) mass is 341 g/mol. The number of aryl methyl sites for hydroxylation is 2. The summed E-state index contributed by atoms with van der Waals surface area (Å²) in [6, 6.07) is 6.26. The van der Waals surface area contributed by atoms with Gasteiger partial charge in [0.15, 0.2) is 0 Å². The average Bonchev–Trinajstić information content (AvgIpc) is 3.32. The molecule has 2 amide bonds. The molecule has 0 radical (unpaired) electrons. The van der Waals surface area contributed by atoms with E-state index in [-0.39, 0.29) is 24.2 Å².